The van der Waals surface area contributed by atoms with E-state index in [-0.39, 0.29) is 12.1 Å². The van der Waals surface area contributed by atoms with Crippen LogP contribution < -0.4 is 14.8 Å². The van der Waals surface area contributed by atoms with Gasteiger partial charge in [0.25, 0.3) is 0 Å². The SMILES string of the molecule is CN=C(NCC(c1ccc(OC)c(OC)c1)N(C)C)N1CCOC(c2cnn(C)c2)C1. The molecule has 0 aliphatic carbocycles. The van der Waals surface area contributed by atoms with E-state index in [4.69, 9.17) is 14.2 Å². The lowest BCUT2D eigenvalue weighted by Crippen LogP contribution is -2.49. The summed E-state index contributed by atoms with van der Waals surface area (Å²) in [7, 11) is 11.2. The van der Waals surface area contributed by atoms with Crippen LogP contribution in [0.3, 0.4) is 0 Å². The fourth-order valence-corrected chi connectivity index (χ4v) is 3.83. The molecule has 2 heterocycles. The van der Waals surface area contributed by atoms with E-state index in [2.05, 4.69) is 45.4 Å². The smallest absolute Gasteiger partial charge is 0.193 e. The maximum atomic E-state index is 5.97. The number of hydrogen-bond donors (Lipinski definition) is 1. The zero-order chi connectivity index (χ0) is 22.4. The molecular weight excluding hydrogens is 396 g/mol. The lowest BCUT2D eigenvalue weighted by molar-refractivity contribution is -0.00811. The van der Waals surface area contributed by atoms with E-state index in [1.54, 1.807) is 18.9 Å². The Morgan fingerprint density at radius 1 is 1.32 bits per heavy atom. The van der Waals surface area contributed by atoms with Crippen molar-refractivity contribution in [1.82, 2.24) is 24.9 Å². The second-order valence-corrected chi connectivity index (χ2v) is 7.77. The van der Waals surface area contributed by atoms with Crippen molar-refractivity contribution in [2.45, 2.75) is 12.1 Å². The molecule has 3 rings (SSSR count). The average molecular weight is 431 g/mol. The number of benzene rings is 1. The highest BCUT2D eigenvalue weighted by molar-refractivity contribution is 5.80. The molecule has 1 aromatic heterocycles. The van der Waals surface area contributed by atoms with Gasteiger partial charge in [-0.1, -0.05) is 6.07 Å². The first-order valence-electron chi connectivity index (χ1n) is 10.4. The topological polar surface area (TPSA) is 76.4 Å². The highest BCUT2D eigenvalue weighted by Gasteiger charge is 2.26. The highest BCUT2D eigenvalue weighted by Crippen LogP contribution is 2.31. The van der Waals surface area contributed by atoms with Crippen LogP contribution in [0.25, 0.3) is 0 Å². The lowest BCUT2D eigenvalue weighted by Gasteiger charge is -2.35. The number of aliphatic imine (C=N–C) groups is 1. The first-order valence-corrected chi connectivity index (χ1v) is 10.4. The van der Waals surface area contributed by atoms with E-state index in [1.165, 1.54) is 0 Å². The largest absolute Gasteiger partial charge is 0.493 e. The molecule has 0 saturated carbocycles. The van der Waals surface area contributed by atoms with Crippen molar-refractivity contribution in [3.8, 4) is 11.5 Å². The molecule has 0 amide bonds. The highest BCUT2D eigenvalue weighted by atomic mass is 16.5. The molecule has 170 valence electrons. The molecule has 2 atom stereocenters. The van der Waals surface area contributed by atoms with Gasteiger partial charge in [-0.15, -0.1) is 0 Å². The molecule has 0 bridgehead atoms. The number of rotatable bonds is 7. The first kappa shape index (κ1) is 22.9. The number of aryl methyl sites for hydroxylation is 1. The molecule has 2 aromatic rings. The second-order valence-electron chi connectivity index (χ2n) is 7.77. The standard InChI is InChI=1S/C22H34N6O3/c1-23-22(28-9-10-31-21(15-28)17-12-25-27(4)14-17)24-13-18(26(2)3)16-7-8-19(29-5)20(11-16)30-6/h7-8,11-12,14,18,21H,9-10,13,15H2,1-6H3,(H,23,24). The van der Waals surface area contributed by atoms with Crippen molar-refractivity contribution >= 4 is 5.96 Å². The Bertz CT molecular complexity index is 882. The summed E-state index contributed by atoms with van der Waals surface area (Å²) in [5.74, 6) is 2.32. The number of morpholine rings is 1. The molecule has 1 N–H and O–H groups in total. The van der Waals surface area contributed by atoms with Gasteiger partial charge in [0.2, 0.25) is 0 Å². The molecular formula is C22H34N6O3. The maximum absolute atomic E-state index is 5.97. The van der Waals surface area contributed by atoms with Crippen molar-refractivity contribution < 1.29 is 14.2 Å². The molecule has 1 fully saturated rings. The van der Waals surface area contributed by atoms with Gasteiger partial charge in [0, 0.05) is 38.9 Å². The summed E-state index contributed by atoms with van der Waals surface area (Å²) in [5.41, 5.74) is 2.22. The number of ether oxygens (including phenoxy) is 3. The predicted octanol–water partition coefficient (Wildman–Crippen LogP) is 1.69. The number of aromatic nitrogens is 2. The van der Waals surface area contributed by atoms with E-state index < -0.39 is 0 Å². The van der Waals surface area contributed by atoms with E-state index in [9.17, 15) is 0 Å². The quantitative estimate of drug-likeness (QED) is 0.529. The minimum atomic E-state index is -0.0171. The van der Waals surface area contributed by atoms with E-state index in [1.807, 2.05) is 38.6 Å². The Hall–Kier alpha value is -2.78. The summed E-state index contributed by atoms with van der Waals surface area (Å²) in [6, 6.07) is 6.18. The fourth-order valence-electron chi connectivity index (χ4n) is 3.83. The van der Waals surface area contributed by atoms with Crippen LogP contribution in [0.4, 0.5) is 0 Å². The molecule has 9 nitrogen and oxygen atoms in total. The Kier molecular flexibility index (Phi) is 7.75. The number of methoxy groups -OCH3 is 2. The van der Waals surface area contributed by atoms with Gasteiger partial charge in [-0.05, 0) is 31.8 Å². The normalized spacial score (nSPS) is 18.2. The summed E-state index contributed by atoms with van der Waals surface area (Å²) in [5, 5.41) is 7.82. The van der Waals surface area contributed by atoms with Gasteiger partial charge in [-0.3, -0.25) is 9.67 Å². The number of guanidine groups is 1. The third kappa shape index (κ3) is 5.48. The Morgan fingerprint density at radius 2 is 2.10 bits per heavy atom. The van der Waals surface area contributed by atoms with Gasteiger partial charge >= 0.3 is 0 Å². The zero-order valence-electron chi connectivity index (χ0n) is 19.3. The maximum Gasteiger partial charge on any atom is 0.193 e. The number of nitrogens with one attached hydrogen (secondary N) is 1. The molecule has 9 heteroatoms. The van der Waals surface area contributed by atoms with Crippen LogP contribution in [0.5, 0.6) is 11.5 Å². The van der Waals surface area contributed by atoms with Gasteiger partial charge in [0.15, 0.2) is 17.5 Å². The average Bonchev–Trinajstić information content (AvgIpc) is 3.22. The lowest BCUT2D eigenvalue weighted by atomic mass is 10.1. The zero-order valence-corrected chi connectivity index (χ0v) is 19.3. The van der Waals surface area contributed by atoms with Gasteiger partial charge in [0.1, 0.15) is 6.10 Å². The molecule has 2 unspecified atom stereocenters. The van der Waals surface area contributed by atoms with Crippen LogP contribution in [0.15, 0.2) is 35.6 Å². The van der Waals surface area contributed by atoms with Crippen molar-refractivity contribution in [1.29, 1.82) is 0 Å². The van der Waals surface area contributed by atoms with Crippen molar-refractivity contribution in [2.24, 2.45) is 12.0 Å². The Balaban J connectivity index is 1.69. The van der Waals surface area contributed by atoms with E-state index in [0.717, 1.165) is 41.7 Å². The Labute approximate surface area is 184 Å². The fraction of sp³-hybridized carbons (Fsp3) is 0.545. The van der Waals surface area contributed by atoms with Gasteiger partial charge in [-0.25, -0.2) is 0 Å². The third-order valence-corrected chi connectivity index (χ3v) is 5.54. The molecule has 0 spiro atoms. The molecule has 1 aromatic carbocycles. The molecule has 1 aliphatic rings. The summed E-state index contributed by atoms with van der Waals surface area (Å²) in [6.45, 7) is 2.87. The summed E-state index contributed by atoms with van der Waals surface area (Å²) in [4.78, 5) is 8.94. The molecule has 1 aliphatic heterocycles. The Morgan fingerprint density at radius 3 is 2.71 bits per heavy atom. The van der Waals surface area contributed by atoms with Gasteiger partial charge in [-0.2, -0.15) is 5.10 Å². The van der Waals surface area contributed by atoms with Gasteiger partial charge < -0.3 is 29.3 Å². The summed E-state index contributed by atoms with van der Waals surface area (Å²) < 4.78 is 18.6. The molecule has 1 saturated heterocycles. The summed E-state index contributed by atoms with van der Waals surface area (Å²) >= 11 is 0. The third-order valence-electron chi connectivity index (χ3n) is 5.54. The van der Waals surface area contributed by atoms with Crippen LogP contribution in [0.2, 0.25) is 0 Å². The van der Waals surface area contributed by atoms with Gasteiger partial charge in [0.05, 0.1) is 39.6 Å². The predicted molar refractivity (Wildman–Crippen MR) is 121 cm³/mol. The minimum absolute atomic E-state index is 0.0171. The number of likely N-dealkylation sites (N-methyl/N-ethyl adjacent to an activating group) is 1. The van der Waals surface area contributed by atoms with Crippen molar-refractivity contribution in [3.05, 3.63) is 41.7 Å². The van der Waals surface area contributed by atoms with Crippen LogP contribution in [-0.4, -0.2) is 87.1 Å². The van der Waals surface area contributed by atoms with Crippen LogP contribution >= 0.6 is 0 Å². The second kappa shape index (κ2) is 10.5. The summed E-state index contributed by atoms with van der Waals surface area (Å²) in [6.07, 6.45) is 3.85. The molecule has 0 radical (unpaired) electrons. The van der Waals surface area contributed by atoms with Crippen molar-refractivity contribution in [2.75, 3.05) is 61.6 Å². The van der Waals surface area contributed by atoms with E-state index in [0.29, 0.717) is 13.2 Å². The van der Waals surface area contributed by atoms with Crippen LogP contribution in [-0.2, 0) is 11.8 Å². The minimum Gasteiger partial charge on any atom is -0.493 e. The first-order chi connectivity index (χ1) is 15.0. The number of nitrogens with zero attached hydrogens (tertiary/aromatic N) is 5. The van der Waals surface area contributed by atoms with Crippen LogP contribution in [0.1, 0.15) is 23.3 Å². The monoisotopic (exact) mass is 430 g/mol. The van der Waals surface area contributed by atoms with Crippen LogP contribution in [0, 0.1) is 0 Å². The number of hydrogen-bond acceptors (Lipinski definition) is 6. The van der Waals surface area contributed by atoms with E-state index >= 15 is 0 Å². The van der Waals surface area contributed by atoms with Crippen molar-refractivity contribution in [3.63, 3.8) is 0 Å². The molecule has 31 heavy (non-hydrogen) atoms.